The Kier molecular flexibility index (Phi) is 2.15. The number of aliphatic hydroxyl groups is 1. The van der Waals surface area contributed by atoms with Crippen LogP contribution in [-0.2, 0) is 0 Å². The molecule has 0 aliphatic carbocycles. The van der Waals surface area contributed by atoms with Gasteiger partial charge in [0.1, 0.15) is 5.65 Å². The second-order valence-electron chi connectivity index (χ2n) is 3.10. The molecule has 1 N–H and O–H groups in total. The molecule has 0 saturated heterocycles. The van der Waals surface area contributed by atoms with Gasteiger partial charge in [0.15, 0.2) is 6.10 Å². The molecule has 0 fully saturated rings. The fourth-order valence-corrected chi connectivity index (χ4v) is 1.29. The minimum absolute atomic E-state index is 0.201. The monoisotopic (exact) mass is 216 g/mol. The fourth-order valence-electron chi connectivity index (χ4n) is 1.29. The maximum Gasteiger partial charge on any atom is 0.418 e. The molecule has 80 valence electrons. The van der Waals surface area contributed by atoms with Crippen LogP contribution in [0.4, 0.5) is 13.2 Å². The maximum absolute atomic E-state index is 12.2. The van der Waals surface area contributed by atoms with Crippen LogP contribution in [0.15, 0.2) is 30.7 Å². The van der Waals surface area contributed by atoms with E-state index in [0.29, 0.717) is 5.65 Å². The molecule has 0 spiro atoms. The van der Waals surface area contributed by atoms with Crippen LogP contribution in [0.1, 0.15) is 11.7 Å². The normalized spacial score (nSPS) is 14.4. The summed E-state index contributed by atoms with van der Waals surface area (Å²) in [6, 6.07) is 2.63. The number of imidazole rings is 1. The number of halogens is 3. The van der Waals surface area contributed by atoms with Crippen molar-refractivity contribution in [2.24, 2.45) is 0 Å². The zero-order valence-corrected chi connectivity index (χ0v) is 7.44. The van der Waals surface area contributed by atoms with Gasteiger partial charge in [-0.25, -0.2) is 4.98 Å². The van der Waals surface area contributed by atoms with E-state index in [0.717, 1.165) is 0 Å². The molecule has 15 heavy (non-hydrogen) atoms. The Hall–Kier alpha value is -1.56. The van der Waals surface area contributed by atoms with Gasteiger partial charge < -0.3 is 9.51 Å². The number of nitrogens with zero attached hydrogens (tertiary/aromatic N) is 2. The molecule has 1 atom stereocenters. The molecule has 0 aliphatic heterocycles. The summed E-state index contributed by atoms with van der Waals surface area (Å²) in [4.78, 5) is 3.88. The topological polar surface area (TPSA) is 37.5 Å². The number of hydrogen-bond donors (Lipinski definition) is 1. The molecule has 2 rings (SSSR count). The molecule has 0 bridgehead atoms. The van der Waals surface area contributed by atoms with Gasteiger partial charge >= 0.3 is 6.18 Å². The van der Waals surface area contributed by atoms with Crippen molar-refractivity contribution >= 4 is 5.65 Å². The van der Waals surface area contributed by atoms with Crippen molar-refractivity contribution in [1.29, 1.82) is 0 Å². The van der Waals surface area contributed by atoms with E-state index in [1.165, 1.54) is 35.1 Å². The van der Waals surface area contributed by atoms with Crippen LogP contribution in [0.25, 0.3) is 5.65 Å². The van der Waals surface area contributed by atoms with Crippen LogP contribution in [-0.4, -0.2) is 20.7 Å². The third-order valence-corrected chi connectivity index (χ3v) is 2.04. The zero-order valence-electron chi connectivity index (χ0n) is 7.44. The first-order valence-corrected chi connectivity index (χ1v) is 4.16. The predicted octanol–water partition coefficient (Wildman–Crippen LogP) is 1.93. The lowest BCUT2D eigenvalue weighted by molar-refractivity contribution is -0.206. The van der Waals surface area contributed by atoms with Crippen molar-refractivity contribution in [3.8, 4) is 0 Å². The summed E-state index contributed by atoms with van der Waals surface area (Å²) in [6.07, 6.45) is -2.90. The lowest BCUT2D eigenvalue weighted by Crippen LogP contribution is -2.20. The van der Waals surface area contributed by atoms with E-state index in [9.17, 15) is 13.2 Å². The average molecular weight is 216 g/mol. The van der Waals surface area contributed by atoms with E-state index in [2.05, 4.69) is 4.98 Å². The van der Waals surface area contributed by atoms with E-state index in [4.69, 9.17) is 5.11 Å². The minimum Gasteiger partial charge on any atom is -0.379 e. The smallest absolute Gasteiger partial charge is 0.379 e. The van der Waals surface area contributed by atoms with E-state index < -0.39 is 12.3 Å². The molecule has 3 nitrogen and oxygen atoms in total. The largest absolute Gasteiger partial charge is 0.418 e. The third-order valence-electron chi connectivity index (χ3n) is 2.04. The van der Waals surface area contributed by atoms with Crippen molar-refractivity contribution in [3.63, 3.8) is 0 Å². The van der Waals surface area contributed by atoms with Crippen LogP contribution in [0.5, 0.6) is 0 Å². The molecule has 2 aromatic heterocycles. The van der Waals surface area contributed by atoms with Gasteiger partial charge in [0.05, 0.1) is 0 Å². The highest BCUT2D eigenvalue weighted by molar-refractivity contribution is 5.39. The number of aromatic nitrogens is 2. The van der Waals surface area contributed by atoms with Gasteiger partial charge in [0.2, 0.25) is 0 Å². The Morgan fingerprint density at radius 1 is 1.33 bits per heavy atom. The molecule has 0 saturated carbocycles. The summed E-state index contributed by atoms with van der Waals surface area (Å²) >= 11 is 0. The molecule has 6 heteroatoms. The summed E-state index contributed by atoms with van der Waals surface area (Å²) < 4.78 is 38.0. The second kappa shape index (κ2) is 3.23. The molecule has 1 unspecified atom stereocenters. The number of aliphatic hydroxyl groups excluding tert-OH is 1. The lowest BCUT2D eigenvalue weighted by atomic mass is 10.1. The van der Waals surface area contributed by atoms with E-state index >= 15 is 0 Å². The Labute approximate surface area is 82.8 Å². The Morgan fingerprint density at radius 2 is 2.07 bits per heavy atom. The highest BCUT2D eigenvalue weighted by atomic mass is 19.4. The van der Waals surface area contributed by atoms with Gasteiger partial charge in [-0.2, -0.15) is 13.2 Å². The van der Waals surface area contributed by atoms with Crippen molar-refractivity contribution in [2.45, 2.75) is 12.3 Å². The SMILES string of the molecule is OC(c1ccc2nccn2c1)C(F)(F)F. The predicted molar refractivity (Wildman–Crippen MR) is 46.2 cm³/mol. The third kappa shape index (κ3) is 1.80. The van der Waals surface area contributed by atoms with Gasteiger partial charge in [-0.15, -0.1) is 0 Å². The van der Waals surface area contributed by atoms with E-state index in [1.807, 2.05) is 0 Å². The summed E-state index contributed by atoms with van der Waals surface area (Å²) in [5.41, 5.74) is 0.334. The highest BCUT2D eigenvalue weighted by Gasteiger charge is 2.39. The van der Waals surface area contributed by atoms with Crippen molar-refractivity contribution in [2.75, 3.05) is 0 Å². The van der Waals surface area contributed by atoms with Crippen molar-refractivity contribution in [3.05, 3.63) is 36.3 Å². The fraction of sp³-hybridized carbons (Fsp3) is 0.222. The van der Waals surface area contributed by atoms with Crippen LogP contribution in [0, 0.1) is 0 Å². The Balaban J connectivity index is 2.44. The van der Waals surface area contributed by atoms with Crippen LogP contribution < -0.4 is 0 Å². The second-order valence-corrected chi connectivity index (χ2v) is 3.10. The quantitative estimate of drug-likeness (QED) is 0.790. The molecule has 0 amide bonds. The van der Waals surface area contributed by atoms with E-state index in [1.54, 1.807) is 0 Å². The number of pyridine rings is 1. The Bertz CT molecular complexity index is 477. The Morgan fingerprint density at radius 3 is 2.73 bits per heavy atom. The van der Waals surface area contributed by atoms with Crippen LogP contribution >= 0.6 is 0 Å². The summed E-state index contributed by atoms with van der Waals surface area (Å²) in [5, 5.41) is 9.00. The molecule has 2 aromatic rings. The van der Waals surface area contributed by atoms with Crippen molar-refractivity contribution in [1.82, 2.24) is 9.38 Å². The standard InChI is InChI=1S/C9H7F3N2O/c10-9(11,12)8(15)6-1-2-7-13-3-4-14(7)5-6/h1-5,8,15H. The molecule has 0 aliphatic rings. The molecule has 0 radical (unpaired) electrons. The first-order chi connectivity index (χ1) is 6.98. The lowest BCUT2D eigenvalue weighted by Gasteiger charge is -2.14. The van der Waals surface area contributed by atoms with Gasteiger partial charge in [0, 0.05) is 24.2 Å². The zero-order chi connectivity index (χ0) is 11.1. The summed E-state index contributed by atoms with van der Waals surface area (Å²) in [7, 11) is 0. The van der Waals surface area contributed by atoms with Gasteiger partial charge in [-0.1, -0.05) is 6.07 Å². The minimum atomic E-state index is -4.64. The average Bonchev–Trinajstić information content (AvgIpc) is 2.61. The van der Waals surface area contributed by atoms with Crippen LogP contribution in [0.3, 0.4) is 0 Å². The van der Waals surface area contributed by atoms with E-state index in [-0.39, 0.29) is 5.56 Å². The van der Waals surface area contributed by atoms with Gasteiger partial charge in [0.25, 0.3) is 0 Å². The first-order valence-electron chi connectivity index (χ1n) is 4.16. The van der Waals surface area contributed by atoms with Crippen molar-refractivity contribution < 1.29 is 18.3 Å². The first kappa shape index (κ1) is 9.97. The summed E-state index contributed by atoms with van der Waals surface area (Å²) in [5.74, 6) is 0. The molecular formula is C9H7F3N2O. The van der Waals surface area contributed by atoms with Gasteiger partial charge in [-0.05, 0) is 6.07 Å². The number of hydrogen-bond acceptors (Lipinski definition) is 2. The number of fused-ring (bicyclic) bond motifs is 1. The number of alkyl halides is 3. The number of rotatable bonds is 1. The molecular weight excluding hydrogens is 209 g/mol. The van der Waals surface area contributed by atoms with Crippen LogP contribution in [0.2, 0.25) is 0 Å². The highest BCUT2D eigenvalue weighted by Crippen LogP contribution is 2.32. The molecule has 2 heterocycles. The summed E-state index contributed by atoms with van der Waals surface area (Å²) in [6.45, 7) is 0. The maximum atomic E-state index is 12.2. The molecule has 0 aromatic carbocycles. The van der Waals surface area contributed by atoms with Gasteiger partial charge in [-0.3, -0.25) is 0 Å².